The molecule has 0 aliphatic carbocycles. The molecule has 0 atom stereocenters. The highest BCUT2D eigenvalue weighted by atomic mass is 16.6. The quantitative estimate of drug-likeness (QED) is 0.0364. The molecule has 0 rings (SSSR count). The van der Waals surface area contributed by atoms with Crippen molar-refractivity contribution in [3.8, 4) is 0 Å². The average Bonchev–Trinajstić information content (AvgIpc) is 3.43. The van der Waals surface area contributed by atoms with Crippen molar-refractivity contribution in [3.63, 3.8) is 0 Å². The molecule has 0 saturated carbocycles. The molecule has 0 spiro atoms. The second-order valence-corrected chi connectivity index (χ2v) is 17.8. The maximum Gasteiger partial charge on any atom is 0.332 e. The topological polar surface area (TPSA) is 304 Å². The molecule has 2 amide bonds. The van der Waals surface area contributed by atoms with Crippen molar-refractivity contribution >= 4 is 35.7 Å². The van der Waals surface area contributed by atoms with Crippen LogP contribution < -0.4 is 0 Å². The van der Waals surface area contributed by atoms with Crippen LogP contribution in [0.15, 0.2) is 25.3 Å². The van der Waals surface area contributed by atoms with Gasteiger partial charge < -0.3 is 105 Å². The number of carboxylic acid groups (broad SMARTS) is 1. The molecule has 0 aromatic carbocycles. The van der Waals surface area contributed by atoms with Gasteiger partial charge in [0.05, 0.1) is 178 Å². The largest absolute Gasteiger partial charge is 0.480 e. The lowest BCUT2D eigenvalue weighted by atomic mass is 9.99. The molecule has 28 heteroatoms. The van der Waals surface area contributed by atoms with E-state index in [0.717, 1.165) is 0 Å². The monoisotopic (exact) mass is 1170 g/mol. The summed E-state index contributed by atoms with van der Waals surface area (Å²) in [5.74, 6) is -3.03. The molecule has 0 bridgehead atoms. The molecule has 0 heterocycles. The third-order valence-electron chi connectivity index (χ3n) is 9.55. The van der Waals surface area contributed by atoms with Crippen LogP contribution in [0.3, 0.4) is 0 Å². The van der Waals surface area contributed by atoms with E-state index in [2.05, 4.69) is 13.2 Å². The van der Waals surface area contributed by atoms with Gasteiger partial charge in [0.25, 0.3) is 0 Å². The maximum absolute atomic E-state index is 13.1. The van der Waals surface area contributed by atoms with Crippen LogP contribution in [-0.4, -0.2) is 308 Å². The average molecular weight is 1180 g/mol. The first-order chi connectivity index (χ1) is 39.3. The summed E-state index contributed by atoms with van der Waals surface area (Å²) in [5, 5.41) is 8.63. The number of ether oxygens (including phenoxy) is 19. The van der Waals surface area contributed by atoms with Crippen LogP contribution in [0.2, 0.25) is 0 Å². The maximum atomic E-state index is 13.1. The molecule has 0 fully saturated rings. The Bertz CT molecular complexity index is 1530. The van der Waals surface area contributed by atoms with Crippen LogP contribution in [-0.2, 0) is 119 Å². The normalized spacial score (nSPS) is 11.3. The molecule has 81 heavy (non-hydrogen) atoms. The van der Waals surface area contributed by atoms with Crippen LogP contribution in [0.1, 0.15) is 20.8 Å². The van der Waals surface area contributed by atoms with E-state index in [1.807, 2.05) is 20.8 Å². The van der Waals surface area contributed by atoms with Gasteiger partial charge in [-0.05, 0) is 5.41 Å². The number of hydrogen-bond acceptors (Lipinski definition) is 25. The number of aliphatic carboxylic acids is 1. The number of amides is 2. The van der Waals surface area contributed by atoms with E-state index in [4.69, 9.17) is 95.1 Å². The van der Waals surface area contributed by atoms with Crippen LogP contribution in [0.4, 0.5) is 0 Å². The molecule has 0 aliphatic heterocycles. The van der Waals surface area contributed by atoms with Crippen molar-refractivity contribution < 1.29 is 124 Å². The third kappa shape index (κ3) is 57.3. The zero-order valence-electron chi connectivity index (χ0n) is 48.2. The first-order valence-electron chi connectivity index (χ1n) is 27.0. The van der Waals surface area contributed by atoms with Gasteiger partial charge in [-0.1, -0.05) is 46.1 Å². The summed E-state index contributed by atoms with van der Waals surface area (Å²) >= 11 is 0. The Morgan fingerprint density at radius 1 is 0.333 bits per heavy atom. The summed E-state index contributed by atoms with van der Waals surface area (Å²) < 4.78 is 102. The van der Waals surface area contributed by atoms with Gasteiger partial charge in [-0.2, -0.15) is 0 Å². The predicted molar refractivity (Wildman–Crippen MR) is 287 cm³/mol. The van der Waals surface area contributed by atoms with E-state index >= 15 is 0 Å². The summed E-state index contributed by atoms with van der Waals surface area (Å²) in [7, 11) is 0. The Balaban J connectivity index is 4.57. The number of nitrogens with zero attached hydrogens (tertiary/aromatic N) is 2. The van der Waals surface area contributed by atoms with Gasteiger partial charge in [-0.15, -0.1) is 0 Å². The van der Waals surface area contributed by atoms with Gasteiger partial charge in [-0.25, -0.2) is 19.2 Å². The lowest BCUT2D eigenvalue weighted by Gasteiger charge is -2.23. The van der Waals surface area contributed by atoms with E-state index in [1.54, 1.807) is 9.80 Å². The molecule has 0 saturated heterocycles. The third-order valence-corrected chi connectivity index (χ3v) is 9.55. The molecule has 472 valence electrons. The Morgan fingerprint density at radius 3 is 0.802 bits per heavy atom. The van der Waals surface area contributed by atoms with E-state index < -0.39 is 30.5 Å². The van der Waals surface area contributed by atoms with Crippen molar-refractivity contribution in [3.05, 3.63) is 25.3 Å². The summed E-state index contributed by atoms with van der Waals surface area (Å²) in [5.41, 5.74) is -0.130. The van der Waals surface area contributed by atoms with Crippen molar-refractivity contribution in [1.82, 2.24) is 9.80 Å². The molecular weight excluding hydrogens is 1080 g/mol. The molecule has 0 aliphatic rings. The fraction of sp³-hybridized carbons (Fsp3) is 0.811. The van der Waals surface area contributed by atoms with Crippen LogP contribution in [0.25, 0.3) is 0 Å². The number of hydrogen-bond donors (Lipinski definition) is 1. The number of carbonyl (C=O) groups excluding carboxylic acids is 5. The first-order valence-corrected chi connectivity index (χ1v) is 27.0. The fourth-order valence-electron chi connectivity index (χ4n) is 5.59. The predicted octanol–water partition coefficient (Wildman–Crippen LogP) is 0.0415. The minimum atomic E-state index is -1.06. The number of esters is 3. The van der Waals surface area contributed by atoms with Gasteiger partial charge in [0.15, 0.2) is 0 Å². The lowest BCUT2D eigenvalue weighted by molar-refractivity contribution is -0.152. The minimum absolute atomic E-state index is 0.117. The lowest BCUT2D eigenvalue weighted by Crippen LogP contribution is -2.39. The van der Waals surface area contributed by atoms with Crippen LogP contribution in [0, 0.1) is 5.41 Å². The van der Waals surface area contributed by atoms with Gasteiger partial charge in [-0.3, -0.25) is 9.59 Å². The summed E-state index contributed by atoms with van der Waals surface area (Å²) in [6.45, 7) is 19.2. The van der Waals surface area contributed by atoms with Crippen molar-refractivity contribution in [2.75, 3.05) is 257 Å². The smallest absolute Gasteiger partial charge is 0.332 e. The Kier molecular flexibility index (Phi) is 54.4. The zero-order valence-corrected chi connectivity index (χ0v) is 48.2. The van der Waals surface area contributed by atoms with Gasteiger partial charge in [0.2, 0.25) is 11.8 Å². The van der Waals surface area contributed by atoms with Crippen molar-refractivity contribution in [1.29, 1.82) is 0 Å². The van der Waals surface area contributed by atoms with E-state index in [0.29, 0.717) is 6.61 Å². The standard InChI is InChI=1S/C53H94N2O26/c1-6-12-79-50(60)43-76-37-31-68-23-19-64-15-9-55(10-16-65-20-24-69-32-38-77-44-51(61)80-13-7-2)48(57)41-74-35-29-72-27-26-71-28-34-73-40-47(56)54(8-14-63-18-22-67-30-36-75-42-49(58)59)11-17-66-21-25-70-33-39-78-45-52(62)81-46-53(3,4)5/h6-7H,1-2,8-46H2,3-5H3,(H,58,59). The second kappa shape index (κ2) is 57.5. The molecule has 0 unspecified atom stereocenters. The molecule has 0 aromatic heterocycles. The summed E-state index contributed by atoms with van der Waals surface area (Å²) in [6.07, 6.45) is 2.93. The Labute approximate surface area is 477 Å². The Hall–Kier alpha value is -4.34. The molecule has 1 N–H and O–H groups in total. The number of carboxylic acids is 1. The van der Waals surface area contributed by atoms with Crippen molar-refractivity contribution in [2.45, 2.75) is 20.8 Å². The Morgan fingerprint density at radius 2 is 0.556 bits per heavy atom. The molecular formula is C53H94N2O26. The SMILES string of the molecule is C=CCOC(=O)COCCOCCOCCN(CCOCCOCCOCC(=O)OCC=C)C(=O)COCCOCCOCCOCC(=O)N(CCOCCOCCOCC(=O)O)CCOCCOCCOCC(=O)OCC(C)(C)C. The van der Waals surface area contributed by atoms with E-state index in [-0.39, 0.29) is 261 Å². The fourth-order valence-corrected chi connectivity index (χ4v) is 5.59. The highest BCUT2D eigenvalue weighted by Crippen LogP contribution is 2.12. The van der Waals surface area contributed by atoms with E-state index in [9.17, 15) is 28.8 Å². The van der Waals surface area contributed by atoms with Gasteiger partial charge >= 0.3 is 23.9 Å². The van der Waals surface area contributed by atoms with Crippen LogP contribution in [0.5, 0.6) is 0 Å². The van der Waals surface area contributed by atoms with E-state index in [1.165, 1.54) is 12.2 Å². The van der Waals surface area contributed by atoms with Crippen molar-refractivity contribution in [2.24, 2.45) is 5.41 Å². The highest BCUT2D eigenvalue weighted by Gasteiger charge is 2.17. The number of rotatable bonds is 62. The molecule has 28 nitrogen and oxygen atoms in total. The molecule has 0 radical (unpaired) electrons. The van der Waals surface area contributed by atoms with Gasteiger partial charge in [0.1, 0.15) is 52.9 Å². The zero-order chi connectivity index (χ0) is 59.5. The van der Waals surface area contributed by atoms with Crippen LogP contribution >= 0.6 is 0 Å². The number of carbonyl (C=O) groups is 6. The summed E-state index contributed by atoms with van der Waals surface area (Å²) in [4.78, 5) is 74.5. The first kappa shape index (κ1) is 76.7. The second-order valence-electron chi connectivity index (χ2n) is 17.8. The highest BCUT2D eigenvalue weighted by molar-refractivity contribution is 5.78. The minimum Gasteiger partial charge on any atom is -0.480 e. The summed E-state index contributed by atoms with van der Waals surface area (Å²) in [6, 6.07) is 0. The molecule has 0 aromatic rings. The van der Waals surface area contributed by atoms with Gasteiger partial charge in [0, 0.05) is 26.2 Å².